The Morgan fingerprint density at radius 1 is 1.00 bits per heavy atom. The number of fused-ring (bicyclic) bond motifs is 2. The number of hydrogen-bond donors (Lipinski definition) is 2. The van der Waals surface area contributed by atoms with Crippen LogP contribution in [0, 0.1) is 0 Å². The third kappa shape index (κ3) is 2.58. The van der Waals surface area contributed by atoms with Gasteiger partial charge in [0.05, 0.1) is 11.3 Å². The van der Waals surface area contributed by atoms with Gasteiger partial charge in [-0.25, -0.2) is 4.18 Å². The third-order valence-corrected chi connectivity index (χ3v) is 4.57. The number of anilines is 2. The minimum absolute atomic E-state index is 0.123. The van der Waals surface area contributed by atoms with Crippen molar-refractivity contribution in [2.24, 2.45) is 0 Å². The molecule has 0 bridgehead atoms. The second-order valence-electron chi connectivity index (χ2n) is 5.67. The van der Waals surface area contributed by atoms with Crippen LogP contribution in [0.25, 0.3) is 5.57 Å². The molecular weight excluding hydrogens is 360 g/mol. The Bertz CT molecular complexity index is 1090. The second kappa shape index (κ2) is 5.77. The fourth-order valence-electron chi connectivity index (χ4n) is 3.06. The van der Waals surface area contributed by atoms with Gasteiger partial charge in [-0.3, -0.25) is 19.0 Å². The molecule has 0 fully saturated rings. The quantitative estimate of drug-likeness (QED) is 0.624. The lowest BCUT2D eigenvalue weighted by atomic mass is 10.0. The van der Waals surface area contributed by atoms with Crippen LogP contribution in [0.3, 0.4) is 0 Å². The predicted molar refractivity (Wildman–Crippen MR) is 92.7 cm³/mol. The molecule has 0 saturated heterocycles. The van der Waals surface area contributed by atoms with Crippen molar-refractivity contribution in [3.8, 4) is 0 Å². The van der Waals surface area contributed by atoms with Crippen molar-refractivity contribution in [2.75, 3.05) is 16.9 Å². The standard InChI is InChI=1S/C17H12N2O6S/c20-16-10-5-1-3-7-12(10)18-15(16)14-11-6-2-4-8-13(11)19(17(14)21)9-25-26(22,23)24/h1-8,18H,9H2,(H,22,23,24)/b15-14-. The molecule has 0 atom stereocenters. The topological polar surface area (TPSA) is 113 Å². The molecule has 2 aromatic carbocycles. The van der Waals surface area contributed by atoms with Crippen molar-refractivity contribution >= 4 is 39.0 Å². The lowest BCUT2D eigenvalue weighted by Crippen LogP contribution is -2.31. The van der Waals surface area contributed by atoms with E-state index in [2.05, 4.69) is 9.50 Å². The number of carbonyl (C=O) groups is 2. The van der Waals surface area contributed by atoms with Crippen LogP contribution in [0.2, 0.25) is 0 Å². The first kappa shape index (κ1) is 16.5. The average Bonchev–Trinajstić information content (AvgIpc) is 3.07. The number of nitrogens with one attached hydrogen (secondary N) is 1. The van der Waals surface area contributed by atoms with Gasteiger partial charge in [0.15, 0.2) is 0 Å². The zero-order chi connectivity index (χ0) is 18.5. The first-order chi connectivity index (χ1) is 12.4. The summed E-state index contributed by atoms with van der Waals surface area (Å²) >= 11 is 0. The first-order valence-electron chi connectivity index (χ1n) is 7.55. The molecule has 0 saturated carbocycles. The van der Waals surface area contributed by atoms with E-state index in [0.29, 0.717) is 22.5 Å². The Labute approximate surface area is 148 Å². The van der Waals surface area contributed by atoms with Crippen molar-refractivity contribution in [1.29, 1.82) is 0 Å². The first-order valence-corrected chi connectivity index (χ1v) is 8.91. The van der Waals surface area contributed by atoms with E-state index in [9.17, 15) is 18.0 Å². The number of para-hydroxylation sites is 2. The Balaban J connectivity index is 1.82. The second-order valence-corrected chi connectivity index (χ2v) is 6.77. The summed E-state index contributed by atoms with van der Waals surface area (Å²) in [5.41, 5.74) is 2.15. The monoisotopic (exact) mass is 372 g/mol. The highest BCUT2D eigenvalue weighted by molar-refractivity contribution is 7.80. The summed E-state index contributed by atoms with van der Waals surface area (Å²) in [7, 11) is -4.72. The summed E-state index contributed by atoms with van der Waals surface area (Å²) < 4.78 is 34.9. The highest BCUT2D eigenvalue weighted by atomic mass is 32.3. The molecule has 2 aromatic rings. The van der Waals surface area contributed by atoms with Crippen molar-refractivity contribution in [3.05, 3.63) is 65.4 Å². The number of nitrogens with zero attached hydrogens (tertiary/aromatic N) is 1. The maximum atomic E-state index is 12.9. The van der Waals surface area contributed by atoms with E-state index in [4.69, 9.17) is 4.55 Å². The van der Waals surface area contributed by atoms with Gasteiger partial charge in [0.1, 0.15) is 12.4 Å². The SMILES string of the molecule is O=C1/C(=C2/C(=O)N(COS(=O)(=O)O)c3ccccc32)Nc2ccccc21. The van der Waals surface area contributed by atoms with E-state index in [-0.39, 0.29) is 17.1 Å². The maximum absolute atomic E-state index is 12.9. The minimum Gasteiger partial charge on any atom is -0.351 e. The van der Waals surface area contributed by atoms with Crippen LogP contribution < -0.4 is 10.2 Å². The van der Waals surface area contributed by atoms with Crippen LogP contribution in [-0.4, -0.2) is 31.4 Å². The highest BCUT2D eigenvalue weighted by Crippen LogP contribution is 2.41. The molecule has 2 heterocycles. The molecule has 132 valence electrons. The Morgan fingerprint density at radius 2 is 1.65 bits per heavy atom. The Hall–Kier alpha value is -3.01. The van der Waals surface area contributed by atoms with Gasteiger partial charge >= 0.3 is 10.4 Å². The average molecular weight is 372 g/mol. The van der Waals surface area contributed by atoms with E-state index in [1.807, 2.05) is 0 Å². The molecule has 0 spiro atoms. The number of hydrogen-bond acceptors (Lipinski definition) is 6. The number of ketones is 1. The lowest BCUT2D eigenvalue weighted by molar-refractivity contribution is -0.113. The number of allylic oxidation sites excluding steroid dienone is 1. The van der Waals surface area contributed by atoms with E-state index in [1.54, 1.807) is 48.5 Å². The molecule has 1 amide bonds. The molecule has 26 heavy (non-hydrogen) atoms. The zero-order valence-electron chi connectivity index (χ0n) is 13.2. The van der Waals surface area contributed by atoms with Crippen LogP contribution in [0.15, 0.2) is 54.2 Å². The number of rotatable bonds is 3. The van der Waals surface area contributed by atoms with Gasteiger partial charge in [-0.05, 0) is 18.2 Å². The van der Waals surface area contributed by atoms with E-state index in [1.165, 1.54) is 0 Å². The van der Waals surface area contributed by atoms with Gasteiger partial charge in [0, 0.05) is 16.8 Å². The molecule has 0 radical (unpaired) electrons. The van der Waals surface area contributed by atoms with Crippen LogP contribution in [0.5, 0.6) is 0 Å². The summed E-state index contributed by atoms with van der Waals surface area (Å²) in [5, 5.41) is 2.96. The molecule has 0 unspecified atom stereocenters. The fourth-order valence-corrected chi connectivity index (χ4v) is 3.30. The zero-order valence-corrected chi connectivity index (χ0v) is 14.0. The third-order valence-electron chi connectivity index (χ3n) is 4.16. The molecular formula is C17H12N2O6S. The van der Waals surface area contributed by atoms with Gasteiger partial charge in [-0.1, -0.05) is 30.3 Å². The summed E-state index contributed by atoms with van der Waals surface area (Å²) in [5.74, 6) is -0.921. The van der Waals surface area contributed by atoms with Gasteiger partial charge in [-0.2, -0.15) is 8.42 Å². The molecule has 8 nitrogen and oxygen atoms in total. The number of carbonyl (C=O) groups excluding carboxylic acids is 2. The molecule has 2 N–H and O–H groups in total. The smallest absolute Gasteiger partial charge is 0.351 e. The van der Waals surface area contributed by atoms with Crippen LogP contribution in [-0.2, 0) is 19.4 Å². The van der Waals surface area contributed by atoms with Gasteiger partial charge in [-0.15, -0.1) is 0 Å². The summed E-state index contributed by atoms with van der Waals surface area (Å²) in [6.07, 6.45) is 0. The molecule has 9 heteroatoms. The summed E-state index contributed by atoms with van der Waals surface area (Å²) in [6, 6.07) is 13.5. The van der Waals surface area contributed by atoms with Crippen LogP contribution in [0.4, 0.5) is 11.4 Å². The lowest BCUT2D eigenvalue weighted by Gasteiger charge is -2.15. The maximum Gasteiger partial charge on any atom is 0.399 e. The Morgan fingerprint density at radius 3 is 2.35 bits per heavy atom. The normalized spacial score (nSPS) is 18.7. The van der Waals surface area contributed by atoms with Crippen LogP contribution in [0.1, 0.15) is 15.9 Å². The highest BCUT2D eigenvalue weighted by Gasteiger charge is 2.39. The molecule has 4 rings (SSSR count). The van der Waals surface area contributed by atoms with E-state index in [0.717, 1.165) is 4.90 Å². The van der Waals surface area contributed by atoms with Crippen molar-refractivity contribution in [1.82, 2.24) is 0 Å². The number of Topliss-reactive ketones (excluding diaryl/α,β-unsaturated/α-hetero) is 1. The summed E-state index contributed by atoms with van der Waals surface area (Å²) in [6.45, 7) is -0.702. The molecule has 2 aliphatic rings. The Kier molecular flexibility index (Phi) is 3.65. The van der Waals surface area contributed by atoms with Crippen molar-refractivity contribution < 1.29 is 26.7 Å². The van der Waals surface area contributed by atoms with Crippen molar-refractivity contribution in [3.63, 3.8) is 0 Å². The van der Waals surface area contributed by atoms with Gasteiger partial charge in [0.2, 0.25) is 5.78 Å². The summed E-state index contributed by atoms with van der Waals surface area (Å²) in [4.78, 5) is 26.6. The van der Waals surface area contributed by atoms with Crippen LogP contribution >= 0.6 is 0 Å². The largest absolute Gasteiger partial charge is 0.399 e. The number of amides is 1. The van der Waals surface area contributed by atoms with E-state index < -0.39 is 23.0 Å². The van der Waals surface area contributed by atoms with Crippen molar-refractivity contribution in [2.45, 2.75) is 0 Å². The van der Waals surface area contributed by atoms with Gasteiger partial charge in [0.25, 0.3) is 5.91 Å². The number of benzene rings is 2. The molecule has 2 aliphatic heterocycles. The van der Waals surface area contributed by atoms with E-state index >= 15 is 0 Å². The molecule has 0 aliphatic carbocycles. The molecule has 0 aromatic heterocycles. The fraction of sp³-hybridized carbons (Fsp3) is 0.0588. The predicted octanol–water partition coefficient (Wildman–Crippen LogP) is 1.83. The van der Waals surface area contributed by atoms with Gasteiger partial charge < -0.3 is 5.32 Å². The minimum atomic E-state index is -4.72.